The smallest absolute Gasteiger partial charge is 0.205 e. The van der Waals surface area contributed by atoms with E-state index in [4.69, 9.17) is 4.98 Å². The van der Waals surface area contributed by atoms with Gasteiger partial charge < -0.3 is 14.6 Å². The van der Waals surface area contributed by atoms with Crippen molar-refractivity contribution in [3.63, 3.8) is 0 Å². The maximum atomic E-state index is 10.6. The molecule has 118 valence electrons. The van der Waals surface area contributed by atoms with Crippen LogP contribution in [0.2, 0.25) is 0 Å². The van der Waals surface area contributed by atoms with Crippen LogP contribution in [0.15, 0.2) is 12.4 Å². The van der Waals surface area contributed by atoms with Crippen LogP contribution in [0.5, 0.6) is 0 Å². The second-order valence-electron chi connectivity index (χ2n) is 6.40. The van der Waals surface area contributed by atoms with E-state index in [1.54, 1.807) is 6.20 Å². The molecule has 0 spiro atoms. The predicted octanol–water partition coefficient (Wildman–Crippen LogP) is 2.10. The fourth-order valence-electron chi connectivity index (χ4n) is 3.18. The van der Waals surface area contributed by atoms with E-state index in [9.17, 15) is 5.11 Å². The fraction of sp³-hybridized carbons (Fsp3) is 0.667. The Balaban J connectivity index is 1.47. The lowest BCUT2D eigenvalue weighted by Crippen LogP contribution is -2.38. The molecular weight excluding hydrogens is 298 g/mol. The summed E-state index contributed by atoms with van der Waals surface area (Å²) in [6.07, 6.45) is 7.67. The molecule has 2 atom stereocenters. The first-order chi connectivity index (χ1) is 10.7. The van der Waals surface area contributed by atoms with Crippen molar-refractivity contribution >= 4 is 16.7 Å². The highest BCUT2D eigenvalue weighted by molar-refractivity contribution is 7.09. The van der Waals surface area contributed by atoms with Crippen molar-refractivity contribution in [2.45, 2.75) is 37.7 Å². The molecule has 1 N–H and O–H groups in total. The number of anilines is 1. The predicted molar refractivity (Wildman–Crippen MR) is 85.0 cm³/mol. The first kappa shape index (κ1) is 14.1. The highest BCUT2D eigenvalue weighted by Crippen LogP contribution is 2.40. The molecule has 2 aliphatic rings. The van der Waals surface area contributed by atoms with Crippen LogP contribution < -0.4 is 4.90 Å². The Morgan fingerprint density at radius 3 is 2.95 bits per heavy atom. The topological polar surface area (TPSA) is 67.1 Å². The van der Waals surface area contributed by atoms with Crippen LogP contribution >= 0.6 is 11.5 Å². The molecule has 0 bridgehead atoms. The van der Waals surface area contributed by atoms with Gasteiger partial charge in [0.15, 0.2) is 0 Å². The van der Waals surface area contributed by atoms with Gasteiger partial charge in [0.2, 0.25) is 5.13 Å². The van der Waals surface area contributed by atoms with Crippen molar-refractivity contribution < 1.29 is 5.11 Å². The van der Waals surface area contributed by atoms with Crippen molar-refractivity contribution in [1.82, 2.24) is 18.9 Å². The van der Waals surface area contributed by atoms with Crippen LogP contribution in [-0.4, -0.2) is 37.1 Å². The number of imidazole rings is 1. The summed E-state index contributed by atoms with van der Waals surface area (Å²) in [5.74, 6) is 2.57. The molecule has 0 radical (unpaired) electrons. The summed E-state index contributed by atoms with van der Waals surface area (Å²) in [5.41, 5.74) is 0. The minimum absolute atomic E-state index is 0.197. The number of hydrogen-bond acceptors (Lipinski definition) is 6. The standard InChI is InChI=1S/C15H21N5OS/c1-19-8-6-16-14(19)12(21)11-3-2-7-20(9-11)15-17-13(18-22-15)10-4-5-10/h6,8,10-12,21H,2-5,7,9H2,1H3. The van der Waals surface area contributed by atoms with Crippen molar-refractivity contribution in [2.24, 2.45) is 13.0 Å². The van der Waals surface area contributed by atoms with Crippen molar-refractivity contribution in [2.75, 3.05) is 18.0 Å². The Kier molecular flexibility index (Phi) is 3.62. The summed E-state index contributed by atoms with van der Waals surface area (Å²) in [4.78, 5) is 11.3. The van der Waals surface area contributed by atoms with E-state index < -0.39 is 6.10 Å². The van der Waals surface area contributed by atoms with Gasteiger partial charge >= 0.3 is 0 Å². The second kappa shape index (κ2) is 5.62. The molecular formula is C15H21N5OS. The summed E-state index contributed by atoms with van der Waals surface area (Å²) >= 11 is 1.50. The van der Waals surface area contributed by atoms with Gasteiger partial charge in [-0.05, 0) is 25.7 Å². The number of aromatic nitrogens is 4. The number of rotatable bonds is 4. The summed E-state index contributed by atoms with van der Waals surface area (Å²) in [6.45, 7) is 1.83. The van der Waals surface area contributed by atoms with Gasteiger partial charge in [-0.25, -0.2) is 9.97 Å². The Labute approximate surface area is 134 Å². The normalized spacial score (nSPS) is 23.7. The Morgan fingerprint density at radius 2 is 2.23 bits per heavy atom. The molecule has 4 rings (SSSR count). The van der Waals surface area contributed by atoms with Gasteiger partial charge in [-0.2, -0.15) is 4.37 Å². The number of aryl methyl sites for hydroxylation is 1. The molecule has 2 fully saturated rings. The minimum Gasteiger partial charge on any atom is -0.385 e. The van der Waals surface area contributed by atoms with Crippen LogP contribution in [0.4, 0.5) is 5.13 Å². The zero-order valence-electron chi connectivity index (χ0n) is 12.7. The maximum absolute atomic E-state index is 10.6. The molecule has 1 saturated heterocycles. The fourth-order valence-corrected chi connectivity index (χ4v) is 3.96. The molecule has 3 heterocycles. The summed E-state index contributed by atoms with van der Waals surface area (Å²) in [7, 11) is 1.93. The number of aliphatic hydroxyl groups is 1. The van der Waals surface area contributed by atoms with E-state index >= 15 is 0 Å². The molecule has 7 heteroatoms. The van der Waals surface area contributed by atoms with E-state index in [2.05, 4.69) is 14.3 Å². The maximum Gasteiger partial charge on any atom is 0.205 e. The molecule has 1 aliphatic heterocycles. The lowest BCUT2D eigenvalue weighted by atomic mass is 9.92. The Hall–Kier alpha value is -1.47. The van der Waals surface area contributed by atoms with Gasteiger partial charge in [-0.1, -0.05) is 0 Å². The number of nitrogens with zero attached hydrogens (tertiary/aromatic N) is 5. The largest absolute Gasteiger partial charge is 0.385 e. The third-order valence-corrected chi connectivity index (χ3v) is 5.46. The molecule has 2 aromatic rings. The Bertz CT molecular complexity index is 650. The third kappa shape index (κ3) is 2.63. The average molecular weight is 319 g/mol. The van der Waals surface area contributed by atoms with E-state index in [-0.39, 0.29) is 5.92 Å². The molecule has 0 amide bonds. The first-order valence-corrected chi connectivity index (χ1v) is 8.73. The molecule has 0 aromatic carbocycles. The van der Waals surface area contributed by atoms with Crippen LogP contribution in [0.25, 0.3) is 0 Å². The monoisotopic (exact) mass is 319 g/mol. The summed E-state index contributed by atoms with van der Waals surface area (Å²) in [5, 5.41) is 11.7. The van der Waals surface area contributed by atoms with Gasteiger partial charge in [0.05, 0.1) is 0 Å². The van der Waals surface area contributed by atoms with Crippen LogP contribution in [0.3, 0.4) is 0 Å². The summed E-state index contributed by atoms with van der Waals surface area (Å²) in [6, 6.07) is 0. The average Bonchev–Trinajstić information content (AvgIpc) is 3.11. The highest BCUT2D eigenvalue weighted by Gasteiger charge is 2.32. The molecule has 1 saturated carbocycles. The quantitative estimate of drug-likeness (QED) is 0.935. The third-order valence-electron chi connectivity index (χ3n) is 4.67. The van der Waals surface area contributed by atoms with Gasteiger partial charge in [0.1, 0.15) is 17.8 Å². The highest BCUT2D eigenvalue weighted by atomic mass is 32.1. The molecule has 22 heavy (non-hydrogen) atoms. The SMILES string of the molecule is Cn1ccnc1C(O)C1CCCN(c2nc(C3CC3)ns2)C1. The van der Waals surface area contributed by atoms with Crippen LogP contribution in [-0.2, 0) is 7.05 Å². The lowest BCUT2D eigenvalue weighted by molar-refractivity contribution is 0.0875. The number of hydrogen-bond donors (Lipinski definition) is 1. The van der Waals surface area contributed by atoms with Crippen molar-refractivity contribution in [3.05, 3.63) is 24.0 Å². The second-order valence-corrected chi connectivity index (χ2v) is 7.13. The molecule has 6 nitrogen and oxygen atoms in total. The number of aliphatic hydroxyl groups excluding tert-OH is 1. The van der Waals surface area contributed by atoms with E-state index in [1.807, 2.05) is 17.8 Å². The molecule has 2 aromatic heterocycles. The Morgan fingerprint density at radius 1 is 1.36 bits per heavy atom. The molecule has 2 unspecified atom stereocenters. The van der Waals surface area contributed by atoms with Gasteiger partial charge in [0, 0.05) is 55.9 Å². The van der Waals surface area contributed by atoms with Gasteiger partial charge in [-0.15, -0.1) is 0 Å². The lowest BCUT2D eigenvalue weighted by Gasteiger charge is -2.34. The minimum atomic E-state index is -0.515. The van der Waals surface area contributed by atoms with Gasteiger partial charge in [0.25, 0.3) is 0 Å². The van der Waals surface area contributed by atoms with Crippen molar-refractivity contribution in [1.29, 1.82) is 0 Å². The van der Waals surface area contributed by atoms with E-state index in [1.165, 1.54) is 24.4 Å². The van der Waals surface area contributed by atoms with Crippen LogP contribution in [0, 0.1) is 5.92 Å². The summed E-state index contributed by atoms with van der Waals surface area (Å²) < 4.78 is 6.40. The van der Waals surface area contributed by atoms with E-state index in [0.29, 0.717) is 5.92 Å². The number of piperidine rings is 1. The van der Waals surface area contributed by atoms with Crippen LogP contribution in [0.1, 0.15) is 49.4 Å². The first-order valence-electron chi connectivity index (χ1n) is 7.96. The molecule has 1 aliphatic carbocycles. The van der Waals surface area contributed by atoms with Crippen molar-refractivity contribution in [3.8, 4) is 0 Å². The van der Waals surface area contributed by atoms with Gasteiger partial charge in [-0.3, -0.25) is 0 Å². The zero-order valence-corrected chi connectivity index (χ0v) is 13.5. The zero-order chi connectivity index (χ0) is 15.1. The van der Waals surface area contributed by atoms with E-state index in [0.717, 1.165) is 42.7 Å².